The number of aromatic amines is 1. The minimum absolute atomic E-state index is 0.0810. The zero-order valence-corrected chi connectivity index (χ0v) is 20.1. The Balaban J connectivity index is 1.98. The Bertz CT molecular complexity index is 1020. The minimum atomic E-state index is -1.18. The van der Waals surface area contributed by atoms with E-state index in [-0.39, 0.29) is 18.3 Å². The molecule has 7 N–H and O–H groups in total. The van der Waals surface area contributed by atoms with Gasteiger partial charge in [0.2, 0.25) is 17.7 Å². The number of aliphatic carboxylic acids is 1. The van der Waals surface area contributed by atoms with Crippen LogP contribution in [0.15, 0.2) is 30.5 Å². The molecule has 0 saturated heterocycles. The number of rotatable bonds is 12. The highest BCUT2D eigenvalue weighted by Crippen LogP contribution is 2.19. The molecule has 0 aliphatic rings. The van der Waals surface area contributed by atoms with Gasteiger partial charge in [0.1, 0.15) is 12.1 Å². The van der Waals surface area contributed by atoms with E-state index in [0.717, 1.165) is 16.5 Å². The first kappa shape index (κ1) is 26.8. The largest absolute Gasteiger partial charge is 0.480 e. The van der Waals surface area contributed by atoms with Gasteiger partial charge in [-0.3, -0.25) is 14.4 Å². The number of carboxylic acids is 1. The van der Waals surface area contributed by atoms with Crippen LogP contribution < -0.4 is 21.7 Å². The van der Waals surface area contributed by atoms with Crippen molar-refractivity contribution in [3.05, 3.63) is 36.0 Å². The van der Waals surface area contributed by atoms with Crippen LogP contribution in [-0.4, -0.2) is 58.5 Å². The highest BCUT2D eigenvalue weighted by atomic mass is 16.4. The highest BCUT2D eigenvalue weighted by molar-refractivity contribution is 5.93. The Kier molecular flexibility index (Phi) is 9.61. The van der Waals surface area contributed by atoms with E-state index in [9.17, 15) is 24.3 Å². The number of hydrogen-bond donors (Lipinski definition) is 6. The molecule has 2 rings (SSSR count). The van der Waals surface area contributed by atoms with Crippen LogP contribution in [0.2, 0.25) is 0 Å². The molecule has 0 aliphatic heterocycles. The lowest BCUT2D eigenvalue weighted by Crippen LogP contribution is -2.56. The summed E-state index contributed by atoms with van der Waals surface area (Å²) in [6.45, 7) is 6.89. The Morgan fingerprint density at radius 1 is 1.06 bits per heavy atom. The zero-order valence-electron chi connectivity index (χ0n) is 20.1. The van der Waals surface area contributed by atoms with E-state index >= 15 is 0 Å². The number of amides is 3. The summed E-state index contributed by atoms with van der Waals surface area (Å²) in [5.41, 5.74) is 7.51. The lowest BCUT2D eigenvalue weighted by atomic mass is 9.96. The van der Waals surface area contributed by atoms with Crippen LogP contribution in [0.5, 0.6) is 0 Å². The third-order valence-corrected chi connectivity index (χ3v) is 5.97. The summed E-state index contributed by atoms with van der Waals surface area (Å²) < 4.78 is 0. The molecule has 186 valence electrons. The van der Waals surface area contributed by atoms with Crippen molar-refractivity contribution >= 4 is 34.6 Å². The molecule has 0 fully saturated rings. The fraction of sp³-hybridized carbons (Fsp3) is 0.500. The second-order valence-corrected chi connectivity index (χ2v) is 8.88. The third-order valence-electron chi connectivity index (χ3n) is 5.97. The van der Waals surface area contributed by atoms with Gasteiger partial charge in [-0.1, -0.05) is 52.3 Å². The Morgan fingerprint density at radius 2 is 1.74 bits per heavy atom. The van der Waals surface area contributed by atoms with Crippen molar-refractivity contribution in [2.24, 2.45) is 17.6 Å². The average molecular weight is 474 g/mol. The van der Waals surface area contributed by atoms with Gasteiger partial charge < -0.3 is 31.8 Å². The first-order chi connectivity index (χ1) is 16.0. The van der Waals surface area contributed by atoms with E-state index in [0.29, 0.717) is 6.42 Å². The molecule has 10 heteroatoms. The molecule has 1 aromatic carbocycles. The maximum Gasteiger partial charge on any atom is 0.326 e. The van der Waals surface area contributed by atoms with E-state index in [1.807, 2.05) is 52.0 Å². The van der Waals surface area contributed by atoms with Gasteiger partial charge in [-0.25, -0.2) is 4.79 Å². The summed E-state index contributed by atoms with van der Waals surface area (Å²) in [4.78, 5) is 52.3. The van der Waals surface area contributed by atoms with Gasteiger partial charge in [-0.05, 0) is 23.5 Å². The van der Waals surface area contributed by atoms with E-state index < -0.39 is 48.4 Å². The molecule has 2 aromatic rings. The maximum absolute atomic E-state index is 12.7. The summed E-state index contributed by atoms with van der Waals surface area (Å²) in [6.07, 6.45) is 2.42. The molecule has 0 saturated carbocycles. The number of benzene rings is 1. The molecule has 0 spiro atoms. The van der Waals surface area contributed by atoms with E-state index in [4.69, 9.17) is 5.73 Å². The van der Waals surface area contributed by atoms with Gasteiger partial charge in [0, 0.05) is 23.5 Å². The predicted octanol–water partition coefficient (Wildman–Crippen LogP) is 0.910. The lowest BCUT2D eigenvalue weighted by Gasteiger charge is -2.26. The number of hydrogen-bond acceptors (Lipinski definition) is 5. The van der Waals surface area contributed by atoms with Gasteiger partial charge in [0.05, 0.1) is 12.6 Å². The number of H-pyrrole nitrogens is 1. The second-order valence-electron chi connectivity index (χ2n) is 8.88. The quantitative estimate of drug-likeness (QED) is 0.268. The summed E-state index contributed by atoms with van der Waals surface area (Å²) in [7, 11) is 0. The monoisotopic (exact) mass is 473 g/mol. The summed E-state index contributed by atoms with van der Waals surface area (Å²) >= 11 is 0. The summed E-state index contributed by atoms with van der Waals surface area (Å²) in [5, 5.41) is 18.1. The van der Waals surface area contributed by atoms with Gasteiger partial charge in [-0.2, -0.15) is 0 Å². The van der Waals surface area contributed by atoms with Crippen molar-refractivity contribution in [2.45, 2.75) is 58.7 Å². The maximum atomic E-state index is 12.7. The fourth-order valence-electron chi connectivity index (χ4n) is 3.50. The normalized spacial score (nSPS) is 14.8. The minimum Gasteiger partial charge on any atom is -0.480 e. The van der Waals surface area contributed by atoms with E-state index in [2.05, 4.69) is 20.9 Å². The van der Waals surface area contributed by atoms with Crippen molar-refractivity contribution in [1.82, 2.24) is 20.9 Å². The van der Waals surface area contributed by atoms with Crippen molar-refractivity contribution in [2.75, 3.05) is 6.54 Å². The SMILES string of the molecule is CCC(C)C(NC(=O)C(N)C(C)C)C(=O)NCC(=O)NC(Cc1c[nH]c2ccccc12)C(=O)O. The van der Waals surface area contributed by atoms with Crippen LogP contribution >= 0.6 is 0 Å². The van der Waals surface area contributed by atoms with Crippen molar-refractivity contribution in [1.29, 1.82) is 0 Å². The first-order valence-electron chi connectivity index (χ1n) is 11.5. The molecular weight excluding hydrogens is 438 g/mol. The third kappa shape index (κ3) is 7.05. The molecule has 4 unspecified atom stereocenters. The lowest BCUT2D eigenvalue weighted by molar-refractivity contribution is -0.141. The molecule has 3 amide bonds. The van der Waals surface area contributed by atoms with Crippen LogP contribution in [0.25, 0.3) is 10.9 Å². The van der Waals surface area contributed by atoms with Crippen LogP contribution in [0.1, 0.15) is 39.7 Å². The molecule has 0 bridgehead atoms. The summed E-state index contributed by atoms with van der Waals surface area (Å²) in [6, 6.07) is 4.68. The van der Waals surface area contributed by atoms with Crippen LogP contribution in [0.4, 0.5) is 0 Å². The van der Waals surface area contributed by atoms with Gasteiger partial charge >= 0.3 is 5.97 Å². The number of nitrogens with one attached hydrogen (secondary N) is 4. The Labute approximate surface area is 199 Å². The number of carboxylic acid groups (broad SMARTS) is 1. The number of carbonyl (C=O) groups excluding carboxylic acids is 3. The van der Waals surface area contributed by atoms with Crippen molar-refractivity contribution < 1.29 is 24.3 Å². The molecule has 4 atom stereocenters. The van der Waals surface area contributed by atoms with E-state index in [1.165, 1.54) is 0 Å². The number of fused-ring (bicyclic) bond motifs is 1. The van der Waals surface area contributed by atoms with Gasteiger partial charge in [0.25, 0.3) is 0 Å². The topological polar surface area (TPSA) is 166 Å². The predicted molar refractivity (Wildman–Crippen MR) is 129 cm³/mol. The average Bonchev–Trinajstić information content (AvgIpc) is 3.22. The molecule has 10 nitrogen and oxygen atoms in total. The molecular formula is C24H35N5O5. The van der Waals surface area contributed by atoms with E-state index in [1.54, 1.807) is 6.20 Å². The van der Waals surface area contributed by atoms with Crippen molar-refractivity contribution in [3.8, 4) is 0 Å². The number of nitrogens with two attached hydrogens (primary N) is 1. The van der Waals surface area contributed by atoms with Crippen LogP contribution in [0, 0.1) is 11.8 Å². The van der Waals surface area contributed by atoms with Crippen LogP contribution in [0.3, 0.4) is 0 Å². The first-order valence-corrected chi connectivity index (χ1v) is 11.5. The van der Waals surface area contributed by atoms with Crippen molar-refractivity contribution in [3.63, 3.8) is 0 Å². The second kappa shape index (κ2) is 12.2. The molecule has 34 heavy (non-hydrogen) atoms. The Hall–Kier alpha value is -3.40. The molecule has 0 radical (unpaired) electrons. The molecule has 0 aliphatic carbocycles. The zero-order chi connectivity index (χ0) is 25.4. The Morgan fingerprint density at radius 3 is 2.35 bits per heavy atom. The number of para-hydroxylation sites is 1. The smallest absolute Gasteiger partial charge is 0.326 e. The van der Waals surface area contributed by atoms with Gasteiger partial charge in [-0.15, -0.1) is 0 Å². The number of carbonyl (C=O) groups is 4. The highest BCUT2D eigenvalue weighted by Gasteiger charge is 2.29. The standard InChI is InChI=1S/C24H35N5O5/c1-5-14(4)21(29-22(31)20(25)13(2)3)23(32)27-12-19(30)28-18(24(33)34)10-15-11-26-17-9-7-6-8-16(15)17/h6-9,11,13-14,18,20-21,26H,5,10,12,25H2,1-4H3,(H,27,32)(H,28,30)(H,29,31)(H,33,34). The van der Waals surface area contributed by atoms with Crippen LogP contribution in [-0.2, 0) is 25.6 Å². The molecule has 1 aromatic heterocycles. The fourth-order valence-corrected chi connectivity index (χ4v) is 3.50. The van der Waals surface area contributed by atoms with Gasteiger partial charge in [0.15, 0.2) is 0 Å². The molecule has 1 heterocycles. The number of aromatic nitrogens is 1. The summed E-state index contributed by atoms with van der Waals surface area (Å²) in [5.74, 6) is -3.09.